The van der Waals surface area contributed by atoms with Crippen LogP contribution in [-0.2, 0) is 14.3 Å². The Balaban J connectivity index is 1.43. The molecular weight excluding hydrogens is 400 g/mol. The fraction of sp³-hybridized carbons (Fsp3) is 0.304. The first-order chi connectivity index (χ1) is 15.0. The highest BCUT2D eigenvalue weighted by Gasteiger charge is 2.21. The second-order valence-electron chi connectivity index (χ2n) is 6.92. The SMILES string of the molecule is CCOc1ccc(C(=O)COC(=O)CNC(=O)c2ccc(N3CCCC3=O)cc2)cc1. The Morgan fingerprint density at radius 3 is 2.29 bits per heavy atom. The summed E-state index contributed by atoms with van der Waals surface area (Å²) in [5, 5.41) is 2.46. The fourth-order valence-corrected chi connectivity index (χ4v) is 3.15. The zero-order chi connectivity index (χ0) is 22.2. The first-order valence-electron chi connectivity index (χ1n) is 10.1. The number of anilines is 1. The van der Waals surface area contributed by atoms with Gasteiger partial charge in [0.2, 0.25) is 5.91 Å². The summed E-state index contributed by atoms with van der Waals surface area (Å²) in [5.41, 5.74) is 1.50. The van der Waals surface area contributed by atoms with Gasteiger partial charge in [-0.05, 0) is 61.9 Å². The Bertz CT molecular complexity index is 953. The summed E-state index contributed by atoms with van der Waals surface area (Å²) >= 11 is 0. The van der Waals surface area contributed by atoms with Crippen molar-refractivity contribution in [3.63, 3.8) is 0 Å². The maximum atomic E-state index is 12.2. The van der Waals surface area contributed by atoms with Crippen molar-refractivity contribution in [2.45, 2.75) is 19.8 Å². The van der Waals surface area contributed by atoms with Crippen LogP contribution in [0.2, 0.25) is 0 Å². The molecule has 0 bridgehead atoms. The van der Waals surface area contributed by atoms with E-state index in [4.69, 9.17) is 9.47 Å². The van der Waals surface area contributed by atoms with Gasteiger partial charge in [-0.3, -0.25) is 19.2 Å². The smallest absolute Gasteiger partial charge is 0.325 e. The average Bonchev–Trinajstić information content (AvgIpc) is 3.22. The van der Waals surface area contributed by atoms with Gasteiger partial charge in [0.25, 0.3) is 5.91 Å². The normalized spacial score (nSPS) is 13.1. The van der Waals surface area contributed by atoms with E-state index >= 15 is 0 Å². The third-order valence-corrected chi connectivity index (χ3v) is 4.76. The minimum absolute atomic E-state index is 0.0692. The van der Waals surface area contributed by atoms with Crippen LogP contribution >= 0.6 is 0 Å². The lowest BCUT2D eigenvalue weighted by atomic mass is 10.1. The van der Waals surface area contributed by atoms with Crippen LogP contribution in [0.5, 0.6) is 5.75 Å². The van der Waals surface area contributed by atoms with Crippen LogP contribution in [0.3, 0.4) is 0 Å². The summed E-state index contributed by atoms with van der Waals surface area (Å²) in [4.78, 5) is 49.6. The number of carbonyl (C=O) groups excluding carboxylic acids is 4. The van der Waals surface area contributed by atoms with Gasteiger partial charge in [-0.15, -0.1) is 0 Å². The molecule has 0 radical (unpaired) electrons. The van der Waals surface area contributed by atoms with E-state index < -0.39 is 18.5 Å². The molecule has 0 unspecified atom stereocenters. The van der Waals surface area contributed by atoms with E-state index in [1.165, 1.54) is 0 Å². The number of carbonyl (C=O) groups is 4. The first-order valence-corrected chi connectivity index (χ1v) is 10.1. The molecule has 162 valence electrons. The number of ketones is 1. The van der Waals surface area contributed by atoms with Crippen LogP contribution in [0, 0.1) is 0 Å². The summed E-state index contributed by atoms with van der Waals surface area (Å²) in [6.45, 7) is 2.29. The molecular formula is C23H24N2O6. The van der Waals surface area contributed by atoms with Gasteiger partial charge in [-0.2, -0.15) is 0 Å². The quantitative estimate of drug-likeness (QED) is 0.490. The van der Waals surface area contributed by atoms with Gasteiger partial charge in [-0.1, -0.05) is 0 Å². The molecule has 8 nitrogen and oxygen atoms in total. The Morgan fingerprint density at radius 2 is 1.68 bits per heavy atom. The molecule has 1 aliphatic rings. The van der Waals surface area contributed by atoms with Crippen LogP contribution in [0.25, 0.3) is 0 Å². The summed E-state index contributed by atoms with van der Waals surface area (Å²) in [6, 6.07) is 13.1. The van der Waals surface area contributed by atoms with Crippen LogP contribution in [0.4, 0.5) is 5.69 Å². The highest BCUT2D eigenvalue weighted by Crippen LogP contribution is 2.21. The number of amides is 2. The van der Waals surface area contributed by atoms with Crippen molar-refractivity contribution in [1.29, 1.82) is 0 Å². The predicted molar refractivity (Wildman–Crippen MR) is 113 cm³/mol. The molecule has 0 saturated carbocycles. The molecule has 0 spiro atoms. The zero-order valence-corrected chi connectivity index (χ0v) is 17.3. The van der Waals surface area contributed by atoms with Crippen LogP contribution < -0.4 is 15.0 Å². The Kier molecular flexibility index (Phi) is 7.37. The standard InChI is InChI=1S/C23H24N2O6/c1-2-30-19-11-7-16(8-12-19)20(26)15-31-22(28)14-24-23(29)17-5-9-18(10-6-17)25-13-3-4-21(25)27/h5-12H,2-4,13-15H2,1H3,(H,24,29). The minimum atomic E-state index is -0.716. The van der Waals surface area contributed by atoms with Crippen molar-refractivity contribution in [2.75, 3.05) is 31.2 Å². The Hall–Kier alpha value is -3.68. The lowest BCUT2D eigenvalue weighted by molar-refractivity contribution is -0.141. The maximum absolute atomic E-state index is 12.2. The van der Waals surface area contributed by atoms with Gasteiger partial charge in [0.05, 0.1) is 6.61 Å². The molecule has 1 saturated heterocycles. The predicted octanol–water partition coefficient (Wildman–Crippen LogP) is 2.37. The van der Waals surface area contributed by atoms with Crippen molar-refractivity contribution in [3.8, 4) is 5.75 Å². The number of nitrogens with zero attached hydrogens (tertiary/aromatic N) is 1. The molecule has 2 aromatic carbocycles. The summed E-state index contributed by atoms with van der Waals surface area (Å²) < 4.78 is 10.3. The molecule has 0 aliphatic carbocycles. The Labute approximate surface area is 180 Å². The summed E-state index contributed by atoms with van der Waals surface area (Å²) in [7, 11) is 0. The topological polar surface area (TPSA) is 102 Å². The fourth-order valence-electron chi connectivity index (χ4n) is 3.15. The molecule has 2 aromatic rings. The van der Waals surface area contributed by atoms with E-state index in [0.717, 1.165) is 12.1 Å². The van der Waals surface area contributed by atoms with Crippen molar-refractivity contribution < 1.29 is 28.7 Å². The highest BCUT2D eigenvalue weighted by molar-refractivity contribution is 5.99. The number of benzene rings is 2. The van der Waals surface area contributed by atoms with Gasteiger partial charge in [0, 0.05) is 29.8 Å². The summed E-state index contributed by atoms with van der Waals surface area (Å²) in [6.07, 6.45) is 1.36. The molecule has 8 heteroatoms. The van der Waals surface area contributed by atoms with Crippen molar-refractivity contribution >= 4 is 29.3 Å². The molecule has 1 heterocycles. The van der Waals surface area contributed by atoms with Gasteiger partial charge < -0.3 is 19.7 Å². The number of hydrogen-bond donors (Lipinski definition) is 1. The van der Waals surface area contributed by atoms with Crippen LogP contribution in [0.1, 0.15) is 40.5 Å². The van der Waals surface area contributed by atoms with E-state index in [1.54, 1.807) is 53.4 Å². The number of ether oxygens (including phenoxy) is 2. The third-order valence-electron chi connectivity index (χ3n) is 4.76. The van der Waals surface area contributed by atoms with E-state index in [0.29, 0.717) is 36.4 Å². The third kappa shape index (κ3) is 5.91. The molecule has 0 aromatic heterocycles. The minimum Gasteiger partial charge on any atom is -0.494 e. The van der Waals surface area contributed by atoms with Gasteiger partial charge in [0.15, 0.2) is 12.4 Å². The first kappa shape index (κ1) is 22.0. The van der Waals surface area contributed by atoms with Crippen LogP contribution in [-0.4, -0.2) is 49.9 Å². The lowest BCUT2D eigenvalue weighted by Crippen LogP contribution is -2.31. The summed E-state index contributed by atoms with van der Waals surface area (Å²) in [5.74, 6) is -0.797. The van der Waals surface area contributed by atoms with Gasteiger partial charge in [-0.25, -0.2) is 0 Å². The van der Waals surface area contributed by atoms with Crippen molar-refractivity contribution in [1.82, 2.24) is 5.32 Å². The zero-order valence-electron chi connectivity index (χ0n) is 17.3. The number of Topliss-reactive ketones (excluding diaryl/α,β-unsaturated/α-hetero) is 1. The van der Waals surface area contributed by atoms with Crippen molar-refractivity contribution in [2.24, 2.45) is 0 Å². The molecule has 1 N–H and O–H groups in total. The van der Waals surface area contributed by atoms with E-state index in [2.05, 4.69) is 5.32 Å². The number of esters is 1. The maximum Gasteiger partial charge on any atom is 0.325 e. The Morgan fingerprint density at radius 1 is 1.00 bits per heavy atom. The molecule has 0 atom stereocenters. The van der Waals surface area contributed by atoms with Crippen molar-refractivity contribution in [3.05, 3.63) is 59.7 Å². The van der Waals surface area contributed by atoms with Gasteiger partial charge in [0.1, 0.15) is 12.3 Å². The molecule has 2 amide bonds. The van der Waals surface area contributed by atoms with E-state index in [1.807, 2.05) is 6.92 Å². The lowest BCUT2D eigenvalue weighted by Gasteiger charge is -2.15. The molecule has 3 rings (SSSR count). The molecule has 1 fully saturated rings. The second kappa shape index (κ2) is 10.4. The van der Waals surface area contributed by atoms with E-state index in [-0.39, 0.29) is 18.2 Å². The second-order valence-corrected chi connectivity index (χ2v) is 6.92. The number of nitrogens with one attached hydrogen (secondary N) is 1. The monoisotopic (exact) mass is 424 g/mol. The number of hydrogen-bond acceptors (Lipinski definition) is 6. The average molecular weight is 424 g/mol. The highest BCUT2D eigenvalue weighted by atomic mass is 16.5. The number of rotatable bonds is 9. The molecule has 31 heavy (non-hydrogen) atoms. The largest absolute Gasteiger partial charge is 0.494 e. The molecule has 1 aliphatic heterocycles. The van der Waals surface area contributed by atoms with E-state index in [9.17, 15) is 19.2 Å². The van der Waals surface area contributed by atoms with Crippen LogP contribution in [0.15, 0.2) is 48.5 Å². The van der Waals surface area contributed by atoms with Gasteiger partial charge >= 0.3 is 5.97 Å².